The molecule has 0 N–H and O–H groups in total. The Kier molecular flexibility index (Phi) is 5.23. The smallest absolute Gasteiger partial charge is 0.303 e. The average molecular weight is 327 g/mol. The molecule has 0 amide bonds. The highest BCUT2D eigenvalue weighted by Crippen LogP contribution is 2.36. The molecule has 5 unspecified atom stereocenters. The Labute approximate surface area is 134 Å². The molecule has 128 valence electrons. The van der Waals surface area contributed by atoms with Gasteiger partial charge in [-0.2, -0.15) is 0 Å². The molecule has 0 saturated heterocycles. The number of hydrogen-bond acceptors (Lipinski definition) is 8. The Balaban J connectivity index is 2.26. The summed E-state index contributed by atoms with van der Waals surface area (Å²) in [6.07, 6.45) is -1.33. The predicted molar refractivity (Wildman–Crippen MR) is 77.6 cm³/mol. The summed E-state index contributed by atoms with van der Waals surface area (Å²) in [5.41, 5.74) is 0. The van der Waals surface area contributed by atoms with Gasteiger partial charge < -0.3 is 18.9 Å². The summed E-state index contributed by atoms with van der Waals surface area (Å²) in [5.74, 6) is -1.28. The monoisotopic (exact) mass is 327 g/mol. The van der Waals surface area contributed by atoms with Crippen LogP contribution in [0.3, 0.4) is 0 Å². The van der Waals surface area contributed by atoms with Crippen LogP contribution < -0.4 is 0 Å². The van der Waals surface area contributed by atoms with Gasteiger partial charge >= 0.3 is 17.9 Å². The van der Waals surface area contributed by atoms with Gasteiger partial charge in [0.2, 0.25) is 0 Å². The van der Waals surface area contributed by atoms with Crippen LogP contribution in [-0.2, 0) is 33.3 Å². The zero-order chi connectivity index (χ0) is 17.1. The van der Waals surface area contributed by atoms with E-state index in [2.05, 4.69) is 4.99 Å². The summed E-state index contributed by atoms with van der Waals surface area (Å²) in [7, 11) is 0. The molecule has 0 radical (unpaired) electrons. The highest BCUT2D eigenvalue weighted by Gasteiger charge is 2.52. The van der Waals surface area contributed by atoms with Gasteiger partial charge in [-0.15, -0.1) is 0 Å². The molecule has 1 heterocycles. The van der Waals surface area contributed by atoms with Crippen LogP contribution in [-0.4, -0.2) is 54.8 Å². The quantitative estimate of drug-likeness (QED) is 0.551. The van der Waals surface area contributed by atoms with Crippen molar-refractivity contribution in [1.29, 1.82) is 0 Å². The van der Waals surface area contributed by atoms with Gasteiger partial charge in [-0.25, -0.2) is 4.99 Å². The maximum absolute atomic E-state index is 11.4. The van der Waals surface area contributed by atoms with Crippen molar-refractivity contribution in [2.75, 3.05) is 6.61 Å². The van der Waals surface area contributed by atoms with E-state index in [1.54, 1.807) is 6.92 Å². The maximum Gasteiger partial charge on any atom is 0.303 e. The molecule has 8 nitrogen and oxygen atoms in total. The number of fused-ring (bicyclic) bond motifs is 1. The molecule has 1 aliphatic heterocycles. The first-order chi connectivity index (χ1) is 10.8. The summed E-state index contributed by atoms with van der Waals surface area (Å²) >= 11 is 0. The fourth-order valence-electron chi connectivity index (χ4n) is 3.05. The molecule has 23 heavy (non-hydrogen) atoms. The minimum absolute atomic E-state index is 0.0523. The normalized spacial score (nSPS) is 32.2. The second kappa shape index (κ2) is 6.97. The van der Waals surface area contributed by atoms with Crippen molar-refractivity contribution in [3.8, 4) is 0 Å². The zero-order valence-electron chi connectivity index (χ0n) is 13.6. The molecular weight excluding hydrogens is 306 g/mol. The fourth-order valence-corrected chi connectivity index (χ4v) is 3.05. The van der Waals surface area contributed by atoms with Crippen molar-refractivity contribution in [3.05, 3.63) is 0 Å². The molecule has 0 spiro atoms. The van der Waals surface area contributed by atoms with E-state index in [-0.39, 0.29) is 18.6 Å². The molecule has 0 bridgehead atoms. The van der Waals surface area contributed by atoms with Crippen LogP contribution in [0.25, 0.3) is 0 Å². The number of aliphatic imine (C=N–C) groups is 1. The first-order valence-corrected chi connectivity index (χ1v) is 7.46. The second-order valence-corrected chi connectivity index (χ2v) is 5.74. The minimum atomic E-state index is -0.770. The number of rotatable bonds is 4. The molecule has 2 aliphatic rings. The second-order valence-electron chi connectivity index (χ2n) is 5.74. The molecule has 2 rings (SSSR count). The molecule has 1 fully saturated rings. The number of esters is 3. The van der Waals surface area contributed by atoms with E-state index in [4.69, 9.17) is 18.9 Å². The molecule has 8 heteroatoms. The SMILES string of the molecule is CC(=O)OCC1CC2OC(C)=NC2C(OC(C)=O)C1OC(C)=O. The van der Waals surface area contributed by atoms with E-state index < -0.39 is 36.2 Å². The van der Waals surface area contributed by atoms with Gasteiger partial charge in [0, 0.05) is 33.6 Å². The topological polar surface area (TPSA) is 100 Å². The lowest BCUT2D eigenvalue weighted by Crippen LogP contribution is -2.56. The van der Waals surface area contributed by atoms with Crippen molar-refractivity contribution in [1.82, 2.24) is 0 Å². The van der Waals surface area contributed by atoms with Crippen LogP contribution in [0.15, 0.2) is 4.99 Å². The van der Waals surface area contributed by atoms with Gasteiger partial charge in [-0.05, 0) is 6.42 Å². The Morgan fingerprint density at radius 2 is 1.70 bits per heavy atom. The molecule has 1 saturated carbocycles. The third-order valence-corrected chi connectivity index (χ3v) is 3.80. The van der Waals surface area contributed by atoms with Gasteiger partial charge in [0.1, 0.15) is 18.2 Å². The Bertz CT molecular complexity index is 530. The number of carbonyl (C=O) groups excluding carboxylic acids is 3. The summed E-state index contributed by atoms with van der Waals surface area (Å²) in [5, 5.41) is 0. The van der Waals surface area contributed by atoms with E-state index in [9.17, 15) is 14.4 Å². The Hall–Kier alpha value is -2.12. The van der Waals surface area contributed by atoms with Gasteiger partial charge in [-0.1, -0.05) is 0 Å². The van der Waals surface area contributed by atoms with Crippen LogP contribution in [0, 0.1) is 5.92 Å². The molecule has 0 aromatic rings. The third-order valence-electron chi connectivity index (χ3n) is 3.80. The molecule has 1 aliphatic carbocycles. The summed E-state index contributed by atoms with van der Waals surface area (Å²) in [4.78, 5) is 38.3. The van der Waals surface area contributed by atoms with Gasteiger partial charge in [0.25, 0.3) is 0 Å². The summed E-state index contributed by atoms with van der Waals surface area (Å²) in [6.45, 7) is 5.62. The van der Waals surface area contributed by atoms with E-state index in [0.29, 0.717) is 12.3 Å². The van der Waals surface area contributed by atoms with E-state index in [0.717, 1.165) is 0 Å². The van der Waals surface area contributed by atoms with Crippen LogP contribution in [0.4, 0.5) is 0 Å². The van der Waals surface area contributed by atoms with Gasteiger partial charge in [0.15, 0.2) is 12.0 Å². The predicted octanol–water partition coefficient (Wildman–Crippen LogP) is 0.619. The molecule has 0 aromatic carbocycles. The lowest BCUT2D eigenvalue weighted by molar-refractivity contribution is -0.184. The highest BCUT2D eigenvalue weighted by molar-refractivity contribution is 5.75. The third kappa shape index (κ3) is 4.20. The highest BCUT2D eigenvalue weighted by atomic mass is 16.6. The lowest BCUT2D eigenvalue weighted by Gasteiger charge is -2.40. The molecule has 5 atom stereocenters. The number of nitrogens with zero attached hydrogens (tertiary/aromatic N) is 1. The van der Waals surface area contributed by atoms with Crippen molar-refractivity contribution in [3.63, 3.8) is 0 Å². The minimum Gasteiger partial charge on any atom is -0.476 e. The van der Waals surface area contributed by atoms with E-state index in [1.807, 2.05) is 0 Å². The van der Waals surface area contributed by atoms with Gasteiger partial charge in [-0.3, -0.25) is 14.4 Å². The van der Waals surface area contributed by atoms with Crippen molar-refractivity contribution in [2.24, 2.45) is 10.9 Å². The van der Waals surface area contributed by atoms with Crippen LogP contribution in [0.5, 0.6) is 0 Å². The number of ether oxygens (including phenoxy) is 4. The van der Waals surface area contributed by atoms with E-state index >= 15 is 0 Å². The fraction of sp³-hybridized carbons (Fsp3) is 0.733. The largest absolute Gasteiger partial charge is 0.476 e. The standard InChI is InChI=1S/C15H21NO7/c1-7-16-13-12(21-7)5-11(6-20-8(2)17)14(22-9(3)18)15(13)23-10(4)19/h11-15H,5-6H2,1-4H3. The lowest BCUT2D eigenvalue weighted by atomic mass is 9.80. The van der Waals surface area contributed by atoms with Crippen LogP contribution in [0.1, 0.15) is 34.1 Å². The van der Waals surface area contributed by atoms with E-state index in [1.165, 1.54) is 20.8 Å². The van der Waals surface area contributed by atoms with Crippen molar-refractivity contribution >= 4 is 23.8 Å². The molecular formula is C15H21NO7. The average Bonchev–Trinajstić information content (AvgIpc) is 2.78. The first-order valence-electron chi connectivity index (χ1n) is 7.46. The number of hydrogen-bond donors (Lipinski definition) is 0. The molecule has 0 aromatic heterocycles. The van der Waals surface area contributed by atoms with Crippen molar-refractivity contribution < 1.29 is 33.3 Å². The summed E-state index contributed by atoms with van der Waals surface area (Å²) in [6, 6.07) is -0.433. The van der Waals surface area contributed by atoms with Gasteiger partial charge in [0.05, 0.1) is 6.61 Å². The Morgan fingerprint density at radius 3 is 2.26 bits per heavy atom. The zero-order valence-corrected chi connectivity index (χ0v) is 13.6. The van der Waals surface area contributed by atoms with Crippen LogP contribution >= 0.6 is 0 Å². The number of carbonyl (C=O) groups is 3. The maximum atomic E-state index is 11.4. The van der Waals surface area contributed by atoms with Crippen LogP contribution in [0.2, 0.25) is 0 Å². The first kappa shape index (κ1) is 17.2. The van der Waals surface area contributed by atoms with Crippen molar-refractivity contribution in [2.45, 2.75) is 58.5 Å². The summed E-state index contributed by atoms with van der Waals surface area (Å²) < 4.78 is 21.4. The Morgan fingerprint density at radius 1 is 1.09 bits per heavy atom.